The van der Waals surface area contributed by atoms with Gasteiger partial charge in [-0.1, -0.05) is 0 Å². The minimum Gasteiger partial charge on any atom is -0.324 e. The fraction of sp³-hybridized carbons (Fsp3) is 0.333. The Bertz CT molecular complexity index is 334. The third-order valence-corrected chi connectivity index (χ3v) is 1.83. The SMILES string of the molecule is Cc1cc(F)c([C@@H](C)N)c(F)c1F. The normalized spacial score (nSPS) is 13.1. The van der Waals surface area contributed by atoms with Gasteiger partial charge in [0.25, 0.3) is 0 Å². The predicted octanol–water partition coefficient (Wildman–Crippen LogP) is 2.43. The molecule has 0 radical (unpaired) electrons. The lowest BCUT2D eigenvalue weighted by molar-refractivity contribution is 0.465. The lowest BCUT2D eigenvalue weighted by Gasteiger charge is -2.10. The van der Waals surface area contributed by atoms with Gasteiger partial charge in [-0.25, -0.2) is 13.2 Å². The molecule has 2 N–H and O–H groups in total. The second-order valence-electron chi connectivity index (χ2n) is 3.01. The molecule has 0 aliphatic carbocycles. The standard InChI is InChI=1S/C9H10F3N/c1-4-3-6(10)7(5(2)13)9(12)8(4)11/h3,5H,13H2,1-2H3/t5-/m1/s1. The zero-order valence-corrected chi connectivity index (χ0v) is 7.37. The maximum Gasteiger partial charge on any atom is 0.166 e. The average Bonchev–Trinajstić information content (AvgIpc) is 1.99. The van der Waals surface area contributed by atoms with E-state index in [-0.39, 0.29) is 5.56 Å². The minimum absolute atomic E-state index is 0.0561. The van der Waals surface area contributed by atoms with Gasteiger partial charge in [0.2, 0.25) is 0 Å². The Labute approximate surface area is 74.4 Å². The van der Waals surface area contributed by atoms with Crippen LogP contribution in [-0.2, 0) is 0 Å². The van der Waals surface area contributed by atoms with Crippen molar-refractivity contribution in [3.05, 3.63) is 34.6 Å². The van der Waals surface area contributed by atoms with Crippen molar-refractivity contribution >= 4 is 0 Å². The van der Waals surface area contributed by atoms with E-state index in [1.165, 1.54) is 13.8 Å². The average molecular weight is 189 g/mol. The van der Waals surface area contributed by atoms with Gasteiger partial charge in [0.1, 0.15) is 5.82 Å². The number of hydrogen-bond donors (Lipinski definition) is 1. The van der Waals surface area contributed by atoms with Crippen LogP contribution in [-0.4, -0.2) is 0 Å². The highest BCUT2D eigenvalue weighted by molar-refractivity contribution is 5.29. The van der Waals surface area contributed by atoms with Crippen LogP contribution >= 0.6 is 0 Å². The number of halogens is 3. The third kappa shape index (κ3) is 1.67. The molecule has 0 amide bonds. The van der Waals surface area contributed by atoms with E-state index in [1.54, 1.807) is 0 Å². The third-order valence-electron chi connectivity index (χ3n) is 1.83. The molecule has 1 rings (SSSR count). The van der Waals surface area contributed by atoms with E-state index < -0.39 is 29.1 Å². The monoisotopic (exact) mass is 189 g/mol. The lowest BCUT2D eigenvalue weighted by Crippen LogP contribution is -2.12. The van der Waals surface area contributed by atoms with Crippen molar-refractivity contribution in [3.8, 4) is 0 Å². The van der Waals surface area contributed by atoms with Crippen molar-refractivity contribution in [1.82, 2.24) is 0 Å². The van der Waals surface area contributed by atoms with E-state index in [0.717, 1.165) is 6.07 Å². The van der Waals surface area contributed by atoms with Crippen LogP contribution < -0.4 is 5.73 Å². The summed E-state index contributed by atoms with van der Waals surface area (Å²) in [5, 5.41) is 0. The molecule has 0 saturated carbocycles. The van der Waals surface area contributed by atoms with Crippen LogP contribution in [0.5, 0.6) is 0 Å². The maximum atomic E-state index is 13.1. The number of benzene rings is 1. The van der Waals surface area contributed by atoms with Crippen LogP contribution in [0.15, 0.2) is 6.07 Å². The Morgan fingerprint density at radius 1 is 1.23 bits per heavy atom. The molecule has 13 heavy (non-hydrogen) atoms. The van der Waals surface area contributed by atoms with Gasteiger partial charge in [-0.15, -0.1) is 0 Å². The van der Waals surface area contributed by atoms with Gasteiger partial charge < -0.3 is 5.73 Å². The quantitative estimate of drug-likeness (QED) is 0.674. The van der Waals surface area contributed by atoms with Gasteiger partial charge in [0, 0.05) is 11.6 Å². The largest absolute Gasteiger partial charge is 0.324 e. The molecule has 0 aliphatic rings. The summed E-state index contributed by atoms with van der Waals surface area (Å²) in [6, 6.07) is 0.0898. The molecule has 0 bridgehead atoms. The molecular weight excluding hydrogens is 179 g/mol. The van der Waals surface area contributed by atoms with Crippen LogP contribution in [0.1, 0.15) is 24.1 Å². The number of rotatable bonds is 1. The van der Waals surface area contributed by atoms with E-state index in [4.69, 9.17) is 5.73 Å². The highest BCUT2D eigenvalue weighted by atomic mass is 19.2. The summed E-state index contributed by atoms with van der Waals surface area (Å²) < 4.78 is 39.1. The van der Waals surface area contributed by atoms with Crippen LogP contribution in [0.2, 0.25) is 0 Å². The van der Waals surface area contributed by atoms with Crippen LogP contribution in [0.25, 0.3) is 0 Å². The molecule has 0 aromatic heterocycles. The first kappa shape index (κ1) is 10.1. The van der Waals surface area contributed by atoms with Crippen molar-refractivity contribution < 1.29 is 13.2 Å². The first-order valence-corrected chi connectivity index (χ1v) is 3.84. The summed E-state index contributed by atoms with van der Waals surface area (Å²) in [5.41, 5.74) is 4.83. The van der Waals surface area contributed by atoms with Gasteiger partial charge >= 0.3 is 0 Å². The number of aryl methyl sites for hydroxylation is 1. The Kier molecular flexibility index (Phi) is 2.61. The Hall–Kier alpha value is -1.03. The first-order chi connectivity index (χ1) is 5.95. The van der Waals surface area contributed by atoms with Gasteiger partial charge in [-0.05, 0) is 25.5 Å². The number of hydrogen-bond acceptors (Lipinski definition) is 1. The molecule has 1 nitrogen and oxygen atoms in total. The summed E-state index contributed by atoms with van der Waals surface area (Å²) in [7, 11) is 0. The fourth-order valence-electron chi connectivity index (χ4n) is 1.14. The summed E-state index contributed by atoms with van der Waals surface area (Å²) in [5.74, 6) is -3.02. The molecule has 0 saturated heterocycles. The van der Waals surface area contributed by atoms with Gasteiger partial charge in [0.15, 0.2) is 11.6 Å². The van der Waals surface area contributed by atoms with Crippen molar-refractivity contribution in [2.75, 3.05) is 0 Å². The van der Waals surface area contributed by atoms with Gasteiger partial charge in [0.05, 0.1) is 0 Å². The van der Waals surface area contributed by atoms with E-state index in [2.05, 4.69) is 0 Å². The predicted molar refractivity (Wildman–Crippen MR) is 43.7 cm³/mol. The van der Waals surface area contributed by atoms with Crippen molar-refractivity contribution in [3.63, 3.8) is 0 Å². The molecule has 72 valence electrons. The van der Waals surface area contributed by atoms with Crippen LogP contribution in [0.3, 0.4) is 0 Å². The molecule has 0 spiro atoms. The molecule has 0 aliphatic heterocycles. The maximum absolute atomic E-state index is 13.1. The molecule has 0 heterocycles. The topological polar surface area (TPSA) is 26.0 Å². The smallest absolute Gasteiger partial charge is 0.166 e. The Morgan fingerprint density at radius 2 is 1.77 bits per heavy atom. The summed E-state index contributed by atoms with van der Waals surface area (Å²) in [6.45, 7) is 2.70. The Morgan fingerprint density at radius 3 is 2.23 bits per heavy atom. The number of nitrogens with two attached hydrogens (primary N) is 1. The zero-order chi connectivity index (χ0) is 10.2. The molecular formula is C9H10F3N. The van der Waals surface area contributed by atoms with Crippen molar-refractivity contribution in [2.24, 2.45) is 5.73 Å². The molecule has 1 atom stereocenters. The molecule has 1 aromatic carbocycles. The summed E-state index contributed by atoms with van der Waals surface area (Å²) >= 11 is 0. The van der Waals surface area contributed by atoms with Gasteiger partial charge in [-0.3, -0.25) is 0 Å². The van der Waals surface area contributed by atoms with E-state index in [1.807, 2.05) is 0 Å². The molecule has 0 fully saturated rings. The fourth-order valence-corrected chi connectivity index (χ4v) is 1.14. The van der Waals surface area contributed by atoms with Crippen molar-refractivity contribution in [2.45, 2.75) is 19.9 Å². The Balaban J connectivity index is 3.44. The molecule has 4 heteroatoms. The summed E-state index contributed by atoms with van der Waals surface area (Å²) in [4.78, 5) is 0. The van der Waals surface area contributed by atoms with Crippen molar-refractivity contribution in [1.29, 1.82) is 0 Å². The van der Waals surface area contributed by atoms with Gasteiger partial charge in [-0.2, -0.15) is 0 Å². The van der Waals surface area contributed by atoms with Crippen LogP contribution in [0.4, 0.5) is 13.2 Å². The van der Waals surface area contributed by atoms with E-state index in [0.29, 0.717) is 0 Å². The first-order valence-electron chi connectivity index (χ1n) is 3.84. The van der Waals surface area contributed by atoms with Crippen LogP contribution in [0, 0.1) is 24.4 Å². The lowest BCUT2D eigenvalue weighted by atomic mass is 10.0. The summed E-state index contributed by atoms with van der Waals surface area (Å²) in [6.07, 6.45) is 0. The second-order valence-corrected chi connectivity index (χ2v) is 3.01. The molecule has 0 unspecified atom stereocenters. The highest BCUT2D eigenvalue weighted by Gasteiger charge is 2.18. The molecule has 1 aromatic rings. The van der Waals surface area contributed by atoms with E-state index in [9.17, 15) is 13.2 Å². The zero-order valence-electron chi connectivity index (χ0n) is 7.37. The van der Waals surface area contributed by atoms with E-state index >= 15 is 0 Å². The highest BCUT2D eigenvalue weighted by Crippen LogP contribution is 2.23. The second kappa shape index (κ2) is 3.38. The minimum atomic E-state index is -1.19.